The highest BCUT2D eigenvalue weighted by Gasteiger charge is 2.50. The van der Waals surface area contributed by atoms with Crippen LogP contribution in [0, 0.1) is 51.2 Å². The van der Waals surface area contributed by atoms with E-state index in [0.29, 0.717) is 11.3 Å². The van der Waals surface area contributed by atoms with Crippen LogP contribution in [0.5, 0.6) is 0 Å². The lowest BCUT2D eigenvalue weighted by Crippen LogP contribution is -2.46. The van der Waals surface area contributed by atoms with Crippen molar-refractivity contribution in [3.8, 4) is 0 Å². The molecular weight excluding hydrogens is 583 g/mol. The average Bonchev–Trinajstić information content (AvgIpc) is 3.26. The predicted octanol–water partition coefficient (Wildman–Crippen LogP) is 15.8. The highest BCUT2D eigenvalue weighted by Crippen LogP contribution is 2.59. The van der Waals surface area contributed by atoms with Crippen LogP contribution in [0.3, 0.4) is 0 Å². The zero-order valence-corrected chi connectivity index (χ0v) is 33.4. The van der Waals surface area contributed by atoms with Gasteiger partial charge in [-0.15, -0.1) is 0 Å². The van der Waals surface area contributed by atoms with E-state index in [1.54, 1.807) is 0 Å². The molecule has 0 spiro atoms. The van der Waals surface area contributed by atoms with Gasteiger partial charge in [-0.25, -0.2) is 0 Å². The quantitative estimate of drug-likeness (QED) is 0.142. The minimum Gasteiger partial charge on any atom is -0.150 e. The molecule has 2 nitrogen and oxygen atoms in total. The molecule has 2 heteroatoms. The Bertz CT molecular complexity index is 840. The molecule has 4 saturated carbocycles. The van der Waals surface area contributed by atoms with Gasteiger partial charge in [-0.1, -0.05) is 199 Å². The van der Waals surface area contributed by atoms with E-state index < -0.39 is 5.54 Å². The second kappa shape index (κ2) is 20.6. The van der Waals surface area contributed by atoms with Gasteiger partial charge in [0.05, 0.1) is 5.54 Å². The molecular formula is C46H85NO. The summed E-state index contributed by atoms with van der Waals surface area (Å²) in [6, 6.07) is 0. The van der Waals surface area contributed by atoms with Crippen LogP contribution in [0.2, 0.25) is 0 Å². The Morgan fingerprint density at radius 1 is 0.458 bits per heavy atom. The number of rotatable bonds is 13. The Morgan fingerprint density at radius 2 is 0.771 bits per heavy atom. The van der Waals surface area contributed by atoms with Crippen molar-refractivity contribution in [1.29, 1.82) is 0 Å². The van der Waals surface area contributed by atoms with Crippen molar-refractivity contribution in [2.75, 3.05) is 0 Å². The topological polar surface area (TPSA) is 29.4 Å². The van der Waals surface area contributed by atoms with Gasteiger partial charge in [0.15, 0.2) is 0 Å². The van der Waals surface area contributed by atoms with Gasteiger partial charge in [0.2, 0.25) is 0 Å². The van der Waals surface area contributed by atoms with Crippen LogP contribution in [0.4, 0.5) is 0 Å². The summed E-state index contributed by atoms with van der Waals surface area (Å²) in [6.07, 6.45) is 45.7. The summed E-state index contributed by atoms with van der Waals surface area (Å²) < 4.78 is 0. The normalized spacial score (nSPS) is 26.0. The molecule has 0 aromatic rings. The van der Waals surface area contributed by atoms with E-state index in [2.05, 4.69) is 39.8 Å². The fourth-order valence-electron chi connectivity index (χ4n) is 12.1. The third-order valence-corrected chi connectivity index (χ3v) is 14.9. The SMILES string of the molecule is CC(C)(C)C(CC1CCCCCCC1)C(CC1CCCCCCC1)(CC1CCCCCC1)CC(CC1CCCCCCC1)C(C)(C)N=O. The van der Waals surface area contributed by atoms with Gasteiger partial charge in [-0.05, 0) is 92.3 Å². The van der Waals surface area contributed by atoms with E-state index in [1.165, 1.54) is 205 Å². The van der Waals surface area contributed by atoms with Gasteiger partial charge in [-0.3, -0.25) is 0 Å². The molecule has 0 saturated heterocycles. The largest absolute Gasteiger partial charge is 0.150 e. The van der Waals surface area contributed by atoms with E-state index in [9.17, 15) is 4.91 Å². The van der Waals surface area contributed by atoms with Crippen molar-refractivity contribution in [1.82, 2.24) is 0 Å². The molecule has 0 bridgehead atoms. The van der Waals surface area contributed by atoms with Crippen LogP contribution in [0.25, 0.3) is 0 Å². The molecule has 280 valence electrons. The first kappa shape index (κ1) is 40.4. The number of nitroso groups, excluding NO2 is 1. The zero-order valence-electron chi connectivity index (χ0n) is 33.4. The average molecular weight is 668 g/mol. The molecule has 0 heterocycles. The molecule has 0 aromatic heterocycles. The number of hydrogen-bond acceptors (Lipinski definition) is 2. The fourth-order valence-corrected chi connectivity index (χ4v) is 12.1. The smallest absolute Gasteiger partial charge is 0.0999 e. The summed E-state index contributed by atoms with van der Waals surface area (Å²) in [5, 5.41) is 4.06. The predicted molar refractivity (Wildman–Crippen MR) is 210 cm³/mol. The molecule has 4 rings (SSSR count). The standard InChI is InChI=1S/C46H85NO/c1-44(2,3)43(34-39-27-19-11-7-12-20-28-39)46(36-41-31-23-15-16-24-32-41,35-40-29-21-13-8-14-22-30-40)37-42(45(4,5)47-48)33-38-25-17-9-6-10-18-26-38/h38-43H,6-37H2,1-5H3. The van der Waals surface area contributed by atoms with Gasteiger partial charge in [0, 0.05) is 0 Å². The zero-order chi connectivity index (χ0) is 34.3. The molecule has 0 amide bonds. The highest BCUT2D eigenvalue weighted by atomic mass is 16.3. The summed E-state index contributed by atoms with van der Waals surface area (Å²) in [7, 11) is 0. The molecule has 48 heavy (non-hydrogen) atoms. The second-order valence-electron chi connectivity index (χ2n) is 20.3. The van der Waals surface area contributed by atoms with E-state index >= 15 is 0 Å². The summed E-state index contributed by atoms with van der Waals surface area (Å²) >= 11 is 0. The van der Waals surface area contributed by atoms with Gasteiger partial charge >= 0.3 is 0 Å². The Morgan fingerprint density at radius 3 is 1.10 bits per heavy atom. The third kappa shape index (κ3) is 13.3. The molecule has 4 aliphatic carbocycles. The lowest BCUT2D eigenvalue weighted by atomic mass is 9.51. The van der Waals surface area contributed by atoms with Crippen molar-refractivity contribution in [3.63, 3.8) is 0 Å². The van der Waals surface area contributed by atoms with E-state index in [0.717, 1.165) is 29.6 Å². The van der Waals surface area contributed by atoms with Crippen LogP contribution in [0.1, 0.15) is 240 Å². The summed E-state index contributed by atoms with van der Waals surface area (Å²) in [5.41, 5.74) is 0.104. The molecule has 0 radical (unpaired) electrons. The monoisotopic (exact) mass is 668 g/mol. The van der Waals surface area contributed by atoms with Crippen molar-refractivity contribution < 1.29 is 0 Å². The molecule has 4 aliphatic rings. The lowest BCUT2D eigenvalue weighted by molar-refractivity contribution is -0.0416. The molecule has 3 unspecified atom stereocenters. The lowest BCUT2D eigenvalue weighted by Gasteiger charge is -2.54. The molecule has 0 aliphatic heterocycles. The first-order valence-electron chi connectivity index (χ1n) is 22.5. The van der Waals surface area contributed by atoms with Crippen molar-refractivity contribution in [3.05, 3.63) is 4.91 Å². The molecule has 0 N–H and O–H groups in total. The summed E-state index contributed by atoms with van der Waals surface area (Å²) in [5.74, 6) is 4.55. The van der Waals surface area contributed by atoms with E-state index in [1.807, 2.05) is 0 Å². The molecule has 3 atom stereocenters. The minimum atomic E-state index is -0.485. The van der Waals surface area contributed by atoms with Gasteiger partial charge in [-0.2, -0.15) is 4.91 Å². The van der Waals surface area contributed by atoms with Gasteiger partial charge < -0.3 is 0 Å². The van der Waals surface area contributed by atoms with Crippen LogP contribution in [0.15, 0.2) is 5.18 Å². The van der Waals surface area contributed by atoms with Crippen molar-refractivity contribution in [2.45, 2.75) is 246 Å². The van der Waals surface area contributed by atoms with Crippen LogP contribution in [-0.2, 0) is 0 Å². The Kier molecular flexibility index (Phi) is 17.3. The Labute approximate surface area is 301 Å². The molecule has 0 aromatic carbocycles. The third-order valence-electron chi connectivity index (χ3n) is 14.9. The summed E-state index contributed by atoms with van der Waals surface area (Å²) in [4.78, 5) is 12.9. The Hall–Kier alpha value is -0.400. The van der Waals surface area contributed by atoms with Crippen LogP contribution < -0.4 is 0 Å². The van der Waals surface area contributed by atoms with E-state index in [-0.39, 0.29) is 5.41 Å². The van der Waals surface area contributed by atoms with Gasteiger partial charge in [0.1, 0.15) is 0 Å². The first-order valence-corrected chi connectivity index (χ1v) is 22.5. The van der Waals surface area contributed by atoms with Crippen molar-refractivity contribution in [2.24, 2.45) is 51.5 Å². The van der Waals surface area contributed by atoms with Crippen molar-refractivity contribution >= 4 is 0 Å². The highest BCUT2D eigenvalue weighted by molar-refractivity contribution is 5.01. The first-order chi connectivity index (χ1) is 23.1. The maximum atomic E-state index is 12.9. The Balaban J connectivity index is 1.79. The maximum absolute atomic E-state index is 12.9. The van der Waals surface area contributed by atoms with Crippen LogP contribution in [-0.4, -0.2) is 5.54 Å². The minimum absolute atomic E-state index is 0.276. The fraction of sp³-hybridized carbons (Fsp3) is 1.00. The summed E-state index contributed by atoms with van der Waals surface area (Å²) in [6.45, 7) is 12.4. The number of nitrogens with zero attached hydrogens (tertiary/aromatic N) is 1. The molecule has 4 fully saturated rings. The van der Waals surface area contributed by atoms with E-state index in [4.69, 9.17) is 0 Å². The number of hydrogen-bond donors (Lipinski definition) is 0. The van der Waals surface area contributed by atoms with Crippen LogP contribution >= 0.6 is 0 Å². The second-order valence-corrected chi connectivity index (χ2v) is 20.3. The van der Waals surface area contributed by atoms with Gasteiger partial charge in [0.25, 0.3) is 0 Å². The maximum Gasteiger partial charge on any atom is 0.0999 e.